The van der Waals surface area contributed by atoms with E-state index in [1.165, 1.54) is 6.92 Å². The van der Waals surface area contributed by atoms with Crippen LogP contribution in [-0.4, -0.2) is 34.4 Å². The minimum absolute atomic E-state index is 0.102. The number of carbonyl (C=O) groups excluding carboxylic acids is 4. The van der Waals surface area contributed by atoms with Crippen LogP contribution in [-0.2, 0) is 14.4 Å². The summed E-state index contributed by atoms with van der Waals surface area (Å²) in [5.74, 6) is -1.40. The molecular formula is C20H20N2O4. The van der Waals surface area contributed by atoms with Crippen LogP contribution in [0.15, 0.2) is 36.4 Å². The number of Topliss-reactive ketones (excluding diaryl/α,β-unsaturated/α-hetero) is 1. The van der Waals surface area contributed by atoms with Crippen molar-refractivity contribution in [2.24, 2.45) is 23.7 Å². The molecule has 3 amide bonds. The molecule has 0 radical (unpaired) electrons. The topological polar surface area (TPSA) is 83.6 Å². The fourth-order valence-electron chi connectivity index (χ4n) is 4.49. The Morgan fingerprint density at radius 1 is 1.12 bits per heavy atom. The number of allylic oxidation sites excluding steroid dienone is 2. The first kappa shape index (κ1) is 16.7. The number of fused-ring (bicyclic) bond motifs is 5. The van der Waals surface area contributed by atoms with Gasteiger partial charge in [-0.05, 0) is 44.2 Å². The Kier molecular flexibility index (Phi) is 3.79. The zero-order valence-corrected chi connectivity index (χ0v) is 14.6. The molecular weight excluding hydrogens is 332 g/mol. The number of amides is 3. The van der Waals surface area contributed by atoms with Gasteiger partial charge in [-0.1, -0.05) is 24.3 Å². The summed E-state index contributed by atoms with van der Waals surface area (Å²) < 4.78 is 0. The van der Waals surface area contributed by atoms with Crippen LogP contribution >= 0.6 is 0 Å². The molecule has 26 heavy (non-hydrogen) atoms. The lowest BCUT2D eigenvalue weighted by molar-refractivity contribution is -0.146. The predicted molar refractivity (Wildman–Crippen MR) is 94.1 cm³/mol. The van der Waals surface area contributed by atoms with Crippen molar-refractivity contribution in [3.8, 4) is 0 Å². The molecule has 1 N–H and O–H groups in total. The third-order valence-electron chi connectivity index (χ3n) is 5.81. The van der Waals surface area contributed by atoms with Gasteiger partial charge in [0.1, 0.15) is 6.04 Å². The number of anilines is 1. The van der Waals surface area contributed by atoms with E-state index in [0.717, 1.165) is 11.3 Å². The lowest BCUT2D eigenvalue weighted by Gasteiger charge is -2.23. The minimum atomic E-state index is -0.888. The number of likely N-dealkylation sites (tertiary alicyclic amines) is 1. The molecule has 2 aliphatic carbocycles. The van der Waals surface area contributed by atoms with E-state index >= 15 is 0 Å². The maximum Gasteiger partial charge on any atom is 0.247 e. The second kappa shape index (κ2) is 5.90. The van der Waals surface area contributed by atoms with Crippen molar-refractivity contribution in [1.82, 2.24) is 4.90 Å². The Balaban J connectivity index is 1.51. The molecule has 1 aromatic carbocycles. The van der Waals surface area contributed by atoms with E-state index < -0.39 is 11.9 Å². The summed E-state index contributed by atoms with van der Waals surface area (Å²) in [5.41, 5.74) is 0.955. The number of hydrogen-bond donors (Lipinski definition) is 1. The second-order valence-corrected chi connectivity index (χ2v) is 7.35. The van der Waals surface area contributed by atoms with Gasteiger partial charge in [0.25, 0.3) is 0 Å². The molecule has 6 nitrogen and oxygen atoms in total. The number of nitrogens with one attached hydrogen (secondary N) is 1. The first-order chi connectivity index (χ1) is 12.4. The van der Waals surface area contributed by atoms with Gasteiger partial charge in [-0.25, -0.2) is 0 Å². The van der Waals surface area contributed by atoms with E-state index in [1.54, 1.807) is 31.2 Å². The van der Waals surface area contributed by atoms with Crippen LogP contribution in [0.2, 0.25) is 0 Å². The molecule has 1 saturated heterocycles. The molecule has 3 aliphatic rings. The summed E-state index contributed by atoms with van der Waals surface area (Å²) in [4.78, 5) is 50.8. The SMILES string of the molecule is CC(=O)c1cccc(NC(=O)C(C)N2C(=O)C3C4C=CC(C4)C3C2=O)c1. The quantitative estimate of drug-likeness (QED) is 0.510. The van der Waals surface area contributed by atoms with Crippen LogP contribution in [0.4, 0.5) is 5.69 Å². The van der Waals surface area contributed by atoms with Gasteiger partial charge in [-0.15, -0.1) is 0 Å². The first-order valence-corrected chi connectivity index (χ1v) is 8.85. The maximum atomic E-state index is 12.8. The summed E-state index contributed by atoms with van der Waals surface area (Å²) >= 11 is 0. The first-order valence-electron chi connectivity index (χ1n) is 8.85. The number of benzene rings is 1. The van der Waals surface area contributed by atoms with Crippen LogP contribution in [0.25, 0.3) is 0 Å². The summed E-state index contributed by atoms with van der Waals surface area (Å²) in [5, 5.41) is 2.71. The molecule has 1 saturated carbocycles. The molecule has 5 atom stereocenters. The van der Waals surface area contributed by atoms with Gasteiger partial charge < -0.3 is 5.32 Å². The van der Waals surface area contributed by atoms with E-state index in [4.69, 9.17) is 0 Å². The molecule has 134 valence electrons. The van der Waals surface area contributed by atoms with E-state index in [2.05, 4.69) is 5.32 Å². The number of imide groups is 1. The summed E-state index contributed by atoms with van der Waals surface area (Å²) in [6.45, 7) is 3.02. The highest BCUT2D eigenvalue weighted by molar-refractivity contribution is 6.10. The molecule has 5 unspecified atom stereocenters. The van der Waals surface area contributed by atoms with Gasteiger partial charge in [0.15, 0.2) is 5.78 Å². The molecule has 0 spiro atoms. The Hall–Kier alpha value is -2.76. The smallest absolute Gasteiger partial charge is 0.247 e. The fourth-order valence-corrected chi connectivity index (χ4v) is 4.49. The van der Waals surface area contributed by atoms with Gasteiger partial charge in [0.2, 0.25) is 17.7 Å². The summed E-state index contributed by atoms with van der Waals surface area (Å²) in [6.07, 6.45) is 4.91. The van der Waals surface area contributed by atoms with Crippen molar-refractivity contribution >= 4 is 29.2 Å². The van der Waals surface area contributed by atoms with Crippen LogP contribution in [0.1, 0.15) is 30.6 Å². The monoisotopic (exact) mass is 352 g/mol. The van der Waals surface area contributed by atoms with Gasteiger partial charge >= 0.3 is 0 Å². The highest BCUT2D eigenvalue weighted by atomic mass is 16.2. The minimum Gasteiger partial charge on any atom is -0.324 e. The number of hydrogen-bond acceptors (Lipinski definition) is 4. The van der Waals surface area contributed by atoms with E-state index in [1.807, 2.05) is 12.2 Å². The van der Waals surface area contributed by atoms with Crippen LogP contribution in [0, 0.1) is 23.7 Å². The van der Waals surface area contributed by atoms with E-state index in [9.17, 15) is 19.2 Å². The Bertz CT molecular complexity index is 829. The number of carbonyl (C=O) groups is 4. The van der Waals surface area contributed by atoms with Crippen molar-refractivity contribution in [3.63, 3.8) is 0 Å². The maximum absolute atomic E-state index is 12.8. The zero-order valence-electron chi connectivity index (χ0n) is 14.6. The fraction of sp³-hybridized carbons (Fsp3) is 0.400. The average molecular weight is 352 g/mol. The van der Waals surface area contributed by atoms with Crippen LogP contribution in [0.3, 0.4) is 0 Å². The normalized spacial score (nSPS) is 29.8. The molecule has 2 fully saturated rings. The zero-order chi connectivity index (χ0) is 18.6. The highest BCUT2D eigenvalue weighted by Crippen LogP contribution is 2.52. The van der Waals surface area contributed by atoms with E-state index in [0.29, 0.717) is 11.3 Å². The summed E-state index contributed by atoms with van der Waals surface area (Å²) in [7, 11) is 0. The Morgan fingerprint density at radius 2 is 1.73 bits per heavy atom. The lowest BCUT2D eigenvalue weighted by atomic mass is 9.85. The summed E-state index contributed by atoms with van der Waals surface area (Å²) in [6, 6.07) is 5.71. The van der Waals surface area contributed by atoms with Crippen molar-refractivity contribution in [1.29, 1.82) is 0 Å². The third-order valence-corrected chi connectivity index (χ3v) is 5.81. The van der Waals surface area contributed by atoms with Gasteiger partial charge in [-0.3, -0.25) is 24.1 Å². The molecule has 4 rings (SSSR count). The largest absolute Gasteiger partial charge is 0.324 e. The number of ketones is 1. The third kappa shape index (κ3) is 2.40. The Morgan fingerprint density at radius 3 is 2.31 bits per heavy atom. The van der Waals surface area contributed by atoms with Crippen LogP contribution < -0.4 is 5.32 Å². The van der Waals surface area contributed by atoms with Crippen molar-refractivity contribution in [2.75, 3.05) is 5.32 Å². The molecule has 1 aromatic rings. The highest BCUT2D eigenvalue weighted by Gasteiger charge is 2.60. The van der Waals surface area contributed by atoms with Crippen LogP contribution in [0.5, 0.6) is 0 Å². The molecule has 6 heteroatoms. The average Bonchev–Trinajstić information content (AvgIpc) is 3.28. The van der Waals surface area contributed by atoms with Gasteiger partial charge in [-0.2, -0.15) is 0 Å². The molecule has 0 aromatic heterocycles. The number of rotatable bonds is 4. The van der Waals surface area contributed by atoms with Crippen molar-refractivity contribution in [2.45, 2.75) is 26.3 Å². The van der Waals surface area contributed by atoms with Gasteiger partial charge in [0.05, 0.1) is 11.8 Å². The van der Waals surface area contributed by atoms with Crippen molar-refractivity contribution < 1.29 is 19.2 Å². The predicted octanol–water partition coefficient (Wildman–Crippen LogP) is 2.02. The molecule has 1 aliphatic heterocycles. The lowest BCUT2D eigenvalue weighted by Crippen LogP contribution is -2.46. The molecule has 1 heterocycles. The standard InChI is InChI=1S/C20H20N2O4/c1-10(18(24)21-15-5-3-4-12(9-15)11(2)23)22-19(25)16-13-6-7-14(8-13)17(16)20(22)26/h3-7,9-10,13-14,16-17H,8H2,1-2H3,(H,21,24). The second-order valence-electron chi connectivity index (χ2n) is 7.35. The van der Waals surface area contributed by atoms with E-state index in [-0.39, 0.29) is 41.3 Å². The number of nitrogens with zero attached hydrogens (tertiary/aromatic N) is 1. The Labute approximate surface area is 151 Å². The van der Waals surface area contributed by atoms with Gasteiger partial charge in [0, 0.05) is 11.3 Å². The van der Waals surface area contributed by atoms with Crippen molar-refractivity contribution in [3.05, 3.63) is 42.0 Å². The molecule has 2 bridgehead atoms.